The topological polar surface area (TPSA) is 109 Å². The monoisotopic (exact) mass is 394 g/mol. The fourth-order valence-electron chi connectivity index (χ4n) is 2.94. The van der Waals surface area contributed by atoms with Crippen molar-refractivity contribution in [3.63, 3.8) is 0 Å². The summed E-state index contributed by atoms with van der Waals surface area (Å²) in [6.07, 6.45) is 1.59. The van der Waals surface area contributed by atoms with Crippen LogP contribution >= 0.6 is 0 Å². The molecule has 144 valence electrons. The number of nitriles is 1. The van der Waals surface area contributed by atoms with Gasteiger partial charge in [-0.25, -0.2) is 12.8 Å². The molecule has 0 unspecified atom stereocenters. The van der Waals surface area contributed by atoms with Crippen LogP contribution in [0.5, 0.6) is 0 Å². The summed E-state index contributed by atoms with van der Waals surface area (Å²) in [4.78, 5) is 4.14. The minimum atomic E-state index is -3.59. The first-order chi connectivity index (χ1) is 12.8. The van der Waals surface area contributed by atoms with Crippen LogP contribution in [0.2, 0.25) is 0 Å². The van der Waals surface area contributed by atoms with Crippen LogP contribution in [0.1, 0.15) is 41.8 Å². The minimum Gasteiger partial charge on any atom is -0.364 e. The van der Waals surface area contributed by atoms with Gasteiger partial charge in [0.1, 0.15) is 11.9 Å². The quantitative estimate of drug-likeness (QED) is 0.738. The van der Waals surface area contributed by atoms with Crippen molar-refractivity contribution in [3.05, 3.63) is 46.9 Å². The van der Waals surface area contributed by atoms with Gasteiger partial charge in [0, 0.05) is 18.7 Å². The molecule has 1 aliphatic heterocycles. The second-order valence-electron chi connectivity index (χ2n) is 6.48. The lowest BCUT2D eigenvalue weighted by atomic mass is 10.1. The number of hydrogen-bond donors (Lipinski definition) is 0. The molecule has 0 bridgehead atoms. The van der Waals surface area contributed by atoms with Crippen LogP contribution in [-0.2, 0) is 21.3 Å². The summed E-state index contributed by atoms with van der Waals surface area (Å²) < 4.78 is 50.6. The minimum absolute atomic E-state index is 0.0852. The van der Waals surface area contributed by atoms with Crippen molar-refractivity contribution in [2.45, 2.75) is 38.5 Å². The highest BCUT2D eigenvalue weighted by Crippen LogP contribution is 2.32. The Bertz CT molecular complexity index is 970. The van der Waals surface area contributed by atoms with E-state index in [1.807, 2.05) is 6.07 Å². The molecule has 2 aromatic rings. The molecule has 2 heterocycles. The van der Waals surface area contributed by atoms with Gasteiger partial charge in [-0.2, -0.15) is 14.6 Å². The Morgan fingerprint density at radius 3 is 2.78 bits per heavy atom. The van der Waals surface area contributed by atoms with Gasteiger partial charge in [0.25, 0.3) is 5.89 Å². The molecular weight excluding hydrogens is 375 g/mol. The summed E-state index contributed by atoms with van der Waals surface area (Å²) in [5, 5.41) is 12.5. The van der Waals surface area contributed by atoms with Crippen LogP contribution < -0.4 is 0 Å². The molecule has 1 aromatic heterocycles. The van der Waals surface area contributed by atoms with Gasteiger partial charge in [0.05, 0.1) is 24.0 Å². The highest BCUT2D eigenvalue weighted by atomic mass is 32.2. The zero-order chi connectivity index (χ0) is 19.6. The molecule has 2 atom stereocenters. The SMILES string of the molecule is Cc1noc([C@@H]2CC[C@H](CN(Cc3ccc(C#N)cc3F)S(C)(=O)=O)O2)n1. The molecule has 0 amide bonds. The summed E-state index contributed by atoms with van der Waals surface area (Å²) in [7, 11) is -3.59. The summed E-state index contributed by atoms with van der Waals surface area (Å²) in [6.45, 7) is 1.65. The molecule has 3 rings (SSSR count). The van der Waals surface area contributed by atoms with Gasteiger partial charge >= 0.3 is 0 Å². The number of ether oxygens (including phenoxy) is 1. The van der Waals surface area contributed by atoms with Gasteiger partial charge in [-0.1, -0.05) is 11.2 Å². The molecule has 0 N–H and O–H groups in total. The fraction of sp³-hybridized carbons (Fsp3) is 0.471. The van der Waals surface area contributed by atoms with Gasteiger partial charge < -0.3 is 9.26 Å². The van der Waals surface area contributed by atoms with Crippen molar-refractivity contribution in [1.82, 2.24) is 14.4 Å². The van der Waals surface area contributed by atoms with Crippen molar-refractivity contribution in [2.75, 3.05) is 12.8 Å². The Hall–Kier alpha value is -2.35. The first-order valence-corrected chi connectivity index (χ1v) is 10.2. The molecule has 0 aliphatic carbocycles. The first-order valence-electron chi connectivity index (χ1n) is 8.35. The van der Waals surface area contributed by atoms with Gasteiger partial charge in [-0.3, -0.25) is 0 Å². The number of benzene rings is 1. The number of sulfonamides is 1. The largest absolute Gasteiger partial charge is 0.364 e. The second-order valence-corrected chi connectivity index (χ2v) is 8.46. The van der Waals surface area contributed by atoms with Crippen LogP contribution in [0, 0.1) is 24.1 Å². The summed E-state index contributed by atoms with van der Waals surface area (Å²) in [5.74, 6) is 0.263. The molecular formula is C17H19FN4O4S. The standard InChI is InChI=1S/C17H19FN4O4S/c1-11-20-17(26-21-11)16-6-5-14(25-16)10-22(27(2,23)24)9-13-4-3-12(8-19)7-15(13)18/h3-4,7,14,16H,5-6,9-10H2,1-2H3/t14-,16+/m1/s1. The third-order valence-electron chi connectivity index (χ3n) is 4.33. The lowest BCUT2D eigenvalue weighted by Gasteiger charge is -2.23. The number of nitrogens with zero attached hydrogens (tertiary/aromatic N) is 4. The Balaban J connectivity index is 1.70. The summed E-state index contributed by atoms with van der Waals surface area (Å²) in [6, 6.07) is 5.82. The predicted molar refractivity (Wildman–Crippen MR) is 92.3 cm³/mol. The number of rotatable bonds is 6. The van der Waals surface area contributed by atoms with E-state index in [1.165, 1.54) is 16.4 Å². The van der Waals surface area contributed by atoms with Crippen LogP contribution in [0.15, 0.2) is 22.7 Å². The second kappa shape index (κ2) is 7.72. The Morgan fingerprint density at radius 1 is 1.41 bits per heavy atom. The van der Waals surface area contributed by atoms with E-state index in [-0.39, 0.29) is 36.4 Å². The molecule has 0 radical (unpaired) electrons. The molecule has 1 saturated heterocycles. The number of aryl methyl sites for hydroxylation is 1. The zero-order valence-electron chi connectivity index (χ0n) is 14.9. The van der Waals surface area contributed by atoms with Crippen molar-refractivity contribution < 1.29 is 22.1 Å². The highest BCUT2D eigenvalue weighted by Gasteiger charge is 2.33. The Kier molecular flexibility index (Phi) is 5.55. The van der Waals surface area contributed by atoms with Gasteiger partial charge in [-0.15, -0.1) is 0 Å². The average molecular weight is 394 g/mol. The van der Waals surface area contributed by atoms with Gasteiger partial charge in [0.2, 0.25) is 10.0 Å². The van der Waals surface area contributed by atoms with E-state index in [9.17, 15) is 12.8 Å². The van der Waals surface area contributed by atoms with Gasteiger partial charge in [-0.05, 0) is 31.9 Å². The normalized spacial score (nSPS) is 20.1. The summed E-state index contributed by atoms with van der Waals surface area (Å²) >= 11 is 0. The molecule has 1 aliphatic rings. The summed E-state index contributed by atoms with van der Waals surface area (Å²) in [5.41, 5.74) is 0.375. The molecule has 10 heteroatoms. The van der Waals surface area contributed by atoms with Crippen LogP contribution in [-0.4, -0.2) is 41.8 Å². The average Bonchev–Trinajstić information content (AvgIpc) is 3.23. The van der Waals surface area contributed by atoms with E-state index in [0.29, 0.717) is 24.6 Å². The van der Waals surface area contributed by atoms with E-state index >= 15 is 0 Å². The third-order valence-corrected chi connectivity index (χ3v) is 5.55. The third kappa shape index (κ3) is 4.68. The number of halogens is 1. The smallest absolute Gasteiger partial charge is 0.255 e. The van der Waals surface area contributed by atoms with E-state index in [1.54, 1.807) is 6.92 Å². The molecule has 27 heavy (non-hydrogen) atoms. The number of aromatic nitrogens is 2. The maximum absolute atomic E-state index is 14.2. The lowest BCUT2D eigenvalue weighted by Crippen LogP contribution is -2.36. The first kappa shape index (κ1) is 19.4. The zero-order valence-corrected chi connectivity index (χ0v) is 15.7. The number of hydrogen-bond acceptors (Lipinski definition) is 7. The lowest BCUT2D eigenvalue weighted by molar-refractivity contribution is 0.0171. The van der Waals surface area contributed by atoms with Crippen LogP contribution in [0.25, 0.3) is 0 Å². The Morgan fingerprint density at radius 2 is 2.19 bits per heavy atom. The van der Waals surface area contributed by atoms with Crippen molar-refractivity contribution in [2.24, 2.45) is 0 Å². The van der Waals surface area contributed by atoms with E-state index in [0.717, 1.165) is 12.3 Å². The highest BCUT2D eigenvalue weighted by molar-refractivity contribution is 7.88. The van der Waals surface area contributed by atoms with E-state index in [2.05, 4.69) is 10.1 Å². The maximum Gasteiger partial charge on any atom is 0.255 e. The predicted octanol–water partition coefficient (Wildman–Crippen LogP) is 2.07. The van der Waals surface area contributed by atoms with Crippen LogP contribution in [0.3, 0.4) is 0 Å². The van der Waals surface area contributed by atoms with E-state index < -0.39 is 15.8 Å². The van der Waals surface area contributed by atoms with Crippen molar-refractivity contribution in [3.8, 4) is 6.07 Å². The van der Waals surface area contributed by atoms with Crippen LogP contribution in [0.4, 0.5) is 4.39 Å². The van der Waals surface area contributed by atoms with Crippen molar-refractivity contribution >= 4 is 10.0 Å². The molecule has 1 aromatic carbocycles. The molecule has 0 saturated carbocycles. The fourth-order valence-corrected chi connectivity index (χ4v) is 3.76. The van der Waals surface area contributed by atoms with Crippen molar-refractivity contribution in [1.29, 1.82) is 5.26 Å². The maximum atomic E-state index is 14.2. The van der Waals surface area contributed by atoms with E-state index in [4.69, 9.17) is 14.5 Å². The molecule has 0 spiro atoms. The Labute approximate surface area is 156 Å². The molecule has 1 fully saturated rings. The van der Waals surface area contributed by atoms with Gasteiger partial charge in [0.15, 0.2) is 5.82 Å². The molecule has 8 nitrogen and oxygen atoms in total.